The summed E-state index contributed by atoms with van der Waals surface area (Å²) in [7, 11) is 0. The van der Waals surface area contributed by atoms with Crippen molar-refractivity contribution in [2.24, 2.45) is 4.99 Å². The Kier molecular flexibility index (Phi) is 4.89. The lowest BCUT2D eigenvalue weighted by atomic mass is 10.1. The summed E-state index contributed by atoms with van der Waals surface area (Å²) in [6.07, 6.45) is 1.45. The molecule has 0 radical (unpaired) electrons. The van der Waals surface area contributed by atoms with E-state index < -0.39 is 4.92 Å². The molecule has 25 heavy (non-hydrogen) atoms. The Balaban J connectivity index is 1.62. The first-order chi connectivity index (χ1) is 12.1. The Morgan fingerprint density at radius 3 is 2.76 bits per heavy atom. The van der Waals surface area contributed by atoms with E-state index in [9.17, 15) is 15.2 Å². The van der Waals surface area contributed by atoms with Gasteiger partial charge in [-0.05, 0) is 17.5 Å². The number of non-ortho nitro benzene ring substituents is 1. The maximum atomic E-state index is 10.8. The van der Waals surface area contributed by atoms with Crippen molar-refractivity contribution >= 4 is 28.4 Å². The van der Waals surface area contributed by atoms with Crippen LogP contribution in [0.3, 0.4) is 0 Å². The van der Waals surface area contributed by atoms with Gasteiger partial charge in [0.2, 0.25) is 0 Å². The van der Waals surface area contributed by atoms with Gasteiger partial charge in [0.1, 0.15) is 5.75 Å². The predicted octanol–water partition coefficient (Wildman–Crippen LogP) is 3.98. The standard InChI is InChI=1S/C19H17N3O3/c23-19-9-8-16(22(24)25)12-15(19)13-20-10-11-21-18-7-3-5-14-4-1-2-6-17(14)18/h1-9,12-13,21,23H,10-11H2. The smallest absolute Gasteiger partial charge is 0.270 e. The van der Waals surface area contributed by atoms with Crippen LogP contribution in [0.25, 0.3) is 10.8 Å². The molecular formula is C19H17N3O3. The van der Waals surface area contributed by atoms with E-state index >= 15 is 0 Å². The minimum atomic E-state index is -0.501. The van der Waals surface area contributed by atoms with E-state index in [0.29, 0.717) is 18.7 Å². The molecule has 0 heterocycles. The number of phenols is 1. The second-order valence-electron chi connectivity index (χ2n) is 5.49. The summed E-state index contributed by atoms with van der Waals surface area (Å²) >= 11 is 0. The molecule has 0 unspecified atom stereocenters. The summed E-state index contributed by atoms with van der Waals surface area (Å²) in [6.45, 7) is 1.09. The third kappa shape index (κ3) is 3.92. The van der Waals surface area contributed by atoms with Gasteiger partial charge >= 0.3 is 0 Å². The Morgan fingerprint density at radius 1 is 1.12 bits per heavy atom. The van der Waals surface area contributed by atoms with Crippen LogP contribution in [0.5, 0.6) is 5.75 Å². The first kappa shape index (κ1) is 16.4. The topological polar surface area (TPSA) is 87.8 Å². The number of phenolic OH excluding ortho intramolecular Hbond substituents is 1. The van der Waals surface area contributed by atoms with Crippen LogP contribution in [0.1, 0.15) is 5.56 Å². The Bertz CT molecular complexity index is 933. The third-order valence-electron chi connectivity index (χ3n) is 3.80. The summed E-state index contributed by atoms with van der Waals surface area (Å²) < 4.78 is 0. The molecule has 0 aliphatic carbocycles. The van der Waals surface area contributed by atoms with E-state index in [0.717, 1.165) is 16.5 Å². The zero-order valence-electron chi connectivity index (χ0n) is 13.4. The number of nitro benzene ring substituents is 1. The molecular weight excluding hydrogens is 318 g/mol. The number of hydrogen-bond acceptors (Lipinski definition) is 5. The molecule has 126 valence electrons. The highest BCUT2D eigenvalue weighted by atomic mass is 16.6. The zero-order valence-corrected chi connectivity index (χ0v) is 13.4. The number of anilines is 1. The van der Waals surface area contributed by atoms with Crippen LogP contribution in [0, 0.1) is 10.1 Å². The summed E-state index contributed by atoms with van der Waals surface area (Å²) in [5.41, 5.74) is 1.29. The van der Waals surface area contributed by atoms with Gasteiger partial charge in [0, 0.05) is 41.5 Å². The SMILES string of the molecule is O=[N+]([O-])c1ccc(O)c(C=NCCNc2cccc3ccccc23)c1. The van der Waals surface area contributed by atoms with E-state index in [4.69, 9.17) is 0 Å². The Morgan fingerprint density at radius 2 is 1.92 bits per heavy atom. The van der Waals surface area contributed by atoms with Crippen LogP contribution < -0.4 is 5.32 Å². The maximum absolute atomic E-state index is 10.8. The number of aliphatic imine (C=N–C) groups is 1. The second-order valence-corrected chi connectivity index (χ2v) is 5.49. The van der Waals surface area contributed by atoms with Crippen molar-refractivity contribution < 1.29 is 10.0 Å². The zero-order chi connectivity index (χ0) is 17.6. The first-order valence-electron chi connectivity index (χ1n) is 7.84. The quantitative estimate of drug-likeness (QED) is 0.309. The van der Waals surface area contributed by atoms with E-state index in [1.807, 2.05) is 24.3 Å². The van der Waals surface area contributed by atoms with E-state index in [-0.39, 0.29) is 11.4 Å². The van der Waals surface area contributed by atoms with Crippen molar-refractivity contribution in [3.05, 3.63) is 76.3 Å². The molecule has 6 nitrogen and oxygen atoms in total. The predicted molar refractivity (Wildman–Crippen MR) is 99.7 cm³/mol. The summed E-state index contributed by atoms with van der Waals surface area (Å²) in [5.74, 6) is -0.0311. The highest BCUT2D eigenvalue weighted by Crippen LogP contribution is 2.23. The number of fused-ring (bicyclic) bond motifs is 1. The number of nitrogens with zero attached hydrogens (tertiary/aromatic N) is 2. The lowest BCUT2D eigenvalue weighted by molar-refractivity contribution is -0.384. The van der Waals surface area contributed by atoms with Crippen molar-refractivity contribution in [3.8, 4) is 5.75 Å². The number of nitro groups is 1. The second kappa shape index (κ2) is 7.44. The molecule has 3 aromatic carbocycles. The number of hydrogen-bond donors (Lipinski definition) is 2. The van der Waals surface area contributed by atoms with E-state index in [1.165, 1.54) is 24.4 Å². The summed E-state index contributed by atoms with van der Waals surface area (Å²) in [4.78, 5) is 14.5. The first-order valence-corrected chi connectivity index (χ1v) is 7.84. The molecule has 3 rings (SSSR count). The molecule has 0 amide bonds. The van der Waals surface area contributed by atoms with Gasteiger partial charge in [-0.15, -0.1) is 0 Å². The molecule has 0 saturated heterocycles. The molecule has 0 aliphatic rings. The molecule has 6 heteroatoms. The highest BCUT2D eigenvalue weighted by molar-refractivity contribution is 5.93. The average Bonchev–Trinajstić information content (AvgIpc) is 2.62. The number of nitrogens with one attached hydrogen (secondary N) is 1. The van der Waals surface area contributed by atoms with E-state index in [1.54, 1.807) is 0 Å². The van der Waals surface area contributed by atoms with Gasteiger partial charge in [0.25, 0.3) is 5.69 Å². The van der Waals surface area contributed by atoms with Crippen LogP contribution in [0.4, 0.5) is 11.4 Å². The lowest BCUT2D eigenvalue weighted by Gasteiger charge is -2.08. The van der Waals surface area contributed by atoms with Gasteiger partial charge < -0.3 is 10.4 Å². The van der Waals surface area contributed by atoms with Crippen LogP contribution >= 0.6 is 0 Å². The number of aromatic hydroxyl groups is 1. The van der Waals surface area contributed by atoms with Crippen LogP contribution in [-0.2, 0) is 0 Å². The van der Waals surface area contributed by atoms with Gasteiger partial charge in [-0.3, -0.25) is 15.1 Å². The molecule has 0 aromatic heterocycles. The van der Waals surface area contributed by atoms with Crippen LogP contribution in [0.2, 0.25) is 0 Å². The van der Waals surface area contributed by atoms with Gasteiger partial charge in [-0.1, -0.05) is 36.4 Å². The lowest BCUT2D eigenvalue weighted by Crippen LogP contribution is -2.05. The van der Waals surface area contributed by atoms with Crippen molar-refractivity contribution in [2.75, 3.05) is 18.4 Å². The highest BCUT2D eigenvalue weighted by Gasteiger charge is 2.08. The Hall–Kier alpha value is -3.41. The summed E-state index contributed by atoms with van der Waals surface area (Å²) in [6, 6.07) is 18.0. The normalized spacial score (nSPS) is 11.0. The Labute approximate surface area is 144 Å². The molecule has 0 saturated carbocycles. The van der Waals surface area contributed by atoms with Crippen molar-refractivity contribution in [1.29, 1.82) is 0 Å². The monoisotopic (exact) mass is 335 g/mol. The van der Waals surface area contributed by atoms with Crippen molar-refractivity contribution in [2.45, 2.75) is 0 Å². The van der Waals surface area contributed by atoms with Gasteiger partial charge in [0.05, 0.1) is 11.5 Å². The molecule has 0 spiro atoms. The van der Waals surface area contributed by atoms with Gasteiger partial charge in [-0.2, -0.15) is 0 Å². The number of rotatable bonds is 6. The van der Waals surface area contributed by atoms with Crippen molar-refractivity contribution in [3.63, 3.8) is 0 Å². The molecule has 0 atom stereocenters. The van der Waals surface area contributed by atoms with E-state index in [2.05, 4.69) is 28.5 Å². The molecule has 3 aromatic rings. The maximum Gasteiger partial charge on any atom is 0.270 e. The van der Waals surface area contributed by atoms with Gasteiger partial charge in [-0.25, -0.2) is 0 Å². The third-order valence-corrected chi connectivity index (χ3v) is 3.80. The average molecular weight is 335 g/mol. The largest absolute Gasteiger partial charge is 0.507 e. The van der Waals surface area contributed by atoms with Crippen LogP contribution in [0.15, 0.2) is 65.7 Å². The molecule has 0 aliphatic heterocycles. The minimum absolute atomic E-state index is 0.0311. The minimum Gasteiger partial charge on any atom is -0.507 e. The fraction of sp³-hybridized carbons (Fsp3) is 0.105. The van der Waals surface area contributed by atoms with Gasteiger partial charge in [0.15, 0.2) is 0 Å². The van der Waals surface area contributed by atoms with Crippen molar-refractivity contribution in [1.82, 2.24) is 0 Å². The fourth-order valence-electron chi connectivity index (χ4n) is 2.56. The number of benzene rings is 3. The summed E-state index contributed by atoms with van der Waals surface area (Å²) in [5, 5.41) is 26.2. The molecule has 0 fully saturated rings. The van der Waals surface area contributed by atoms with Crippen LogP contribution in [-0.4, -0.2) is 29.3 Å². The molecule has 0 bridgehead atoms. The molecule has 2 N–H and O–H groups in total. The fourth-order valence-corrected chi connectivity index (χ4v) is 2.56.